The second kappa shape index (κ2) is 3.96. The van der Waals surface area contributed by atoms with Crippen LogP contribution in [-0.2, 0) is 4.79 Å². The highest BCUT2D eigenvalue weighted by atomic mass is 35.5. The largest absolute Gasteiger partial charge is 0.456 e. The summed E-state index contributed by atoms with van der Waals surface area (Å²) >= 11 is 5.26. The summed E-state index contributed by atoms with van der Waals surface area (Å²) in [6, 6.07) is 12.3. The molecule has 0 saturated carbocycles. The van der Waals surface area contributed by atoms with Gasteiger partial charge in [-0.3, -0.25) is 9.59 Å². The van der Waals surface area contributed by atoms with Crippen molar-refractivity contribution in [3.05, 3.63) is 48.0 Å². The van der Waals surface area contributed by atoms with E-state index in [0.717, 1.165) is 5.39 Å². The quantitative estimate of drug-likeness (QED) is 0.401. The Kier molecular flexibility index (Phi) is 2.42. The molecule has 4 heteroatoms. The maximum Gasteiger partial charge on any atom is 0.293 e. The van der Waals surface area contributed by atoms with Crippen molar-refractivity contribution in [2.45, 2.75) is 0 Å². The minimum atomic E-state index is -0.993. The normalized spacial score (nSPS) is 10.9. The van der Waals surface area contributed by atoms with E-state index in [1.807, 2.05) is 24.3 Å². The molecule has 0 amide bonds. The first-order valence-corrected chi connectivity index (χ1v) is 5.70. The lowest BCUT2D eigenvalue weighted by Gasteiger charge is -1.97. The van der Waals surface area contributed by atoms with E-state index in [2.05, 4.69) is 0 Å². The van der Waals surface area contributed by atoms with Crippen molar-refractivity contribution in [1.29, 1.82) is 0 Å². The number of halogens is 1. The summed E-state index contributed by atoms with van der Waals surface area (Å²) in [5.41, 5.74) is 1.52. The first kappa shape index (κ1) is 11.0. The predicted octanol–water partition coefficient (Wildman–Crippen LogP) is 3.53. The molecule has 3 nitrogen and oxygen atoms in total. The van der Waals surface area contributed by atoms with E-state index in [-0.39, 0.29) is 5.56 Å². The number of furan rings is 1. The molecule has 0 N–H and O–H groups in total. The highest BCUT2D eigenvalue weighted by Gasteiger charge is 2.19. The highest BCUT2D eigenvalue weighted by molar-refractivity contribution is 6.83. The lowest BCUT2D eigenvalue weighted by Crippen LogP contribution is -2.07. The number of para-hydroxylation sites is 1. The number of carbonyl (C=O) groups excluding carboxylic acids is 2. The van der Waals surface area contributed by atoms with Crippen LogP contribution < -0.4 is 0 Å². The van der Waals surface area contributed by atoms with Crippen molar-refractivity contribution < 1.29 is 14.0 Å². The zero-order valence-electron chi connectivity index (χ0n) is 9.14. The molecule has 0 spiro atoms. The van der Waals surface area contributed by atoms with Crippen molar-refractivity contribution in [1.82, 2.24) is 0 Å². The Labute approximate surface area is 107 Å². The van der Waals surface area contributed by atoms with Gasteiger partial charge in [0.15, 0.2) is 0 Å². The van der Waals surface area contributed by atoms with Gasteiger partial charge in [-0.25, -0.2) is 0 Å². The minimum Gasteiger partial charge on any atom is -0.456 e. The first-order chi connectivity index (χ1) is 8.68. The molecule has 0 aliphatic rings. The van der Waals surface area contributed by atoms with Crippen molar-refractivity contribution in [3.63, 3.8) is 0 Å². The van der Waals surface area contributed by atoms with Crippen molar-refractivity contribution >= 4 is 44.6 Å². The molecule has 18 heavy (non-hydrogen) atoms. The number of carbonyl (C=O) groups is 2. The number of fused-ring (bicyclic) bond motifs is 3. The SMILES string of the molecule is O=C(Cl)C(=O)c1cccc2oc3ccccc3c12. The summed E-state index contributed by atoms with van der Waals surface area (Å²) < 4.78 is 5.62. The number of Topliss-reactive ketones (excluding diaryl/α,β-unsaturated/α-hetero) is 1. The van der Waals surface area contributed by atoms with Crippen LogP contribution in [-0.4, -0.2) is 11.0 Å². The smallest absolute Gasteiger partial charge is 0.293 e. The average molecular weight is 259 g/mol. The lowest BCUT2D eigenvalue weighted by molar-refractivity contribution is -0.108. The molecule has 1 aromatic heterocycles. The number of hydrogen-bond donors (Lipinski definition) is 0. The van der Waals surface area contributed by atoms with E-state index >= 15 is 0 Å². The first-order valence-electron chi connectivity index (χ1n) is 5.33. The molecule has 3 aromatic rings. The fourth-order valence-corrected chi connectivity index (χ4v) is 2.17. The second-order valence-electron chi connectivity index (χ2n) is 3.88. The number of hydrogen-bond acceptors (Lipinski definition) is 3. The zero-order valence-corrected chi connectivity index (χ0v) is 9.90. The molecule has 0 fully saturated rings. The van der Waals surface area contributed by atoms with Gasteiger partial charge in [0.1, 0.15) is 11.2 Å². The molecule has 88 valence electrons. The Morgan fingerprint density at radius 2 is 1.67 bits per heavy atom. The van der Waals surface area contributed by atoms with Gasteiger partial charge in [0, 0.05) is 16.3 Å². The molecule has 0 bridgehead atoms. The Balaban J connectivity index is 2.45. The van der Waals surface area contributed by atoms with Gasteiger partial charge in [-0.1, -0.05) is 24.3 Å². The maximum absolute atomic E-state index is 11.8. The summed E-state index contributed by atoms with van der Waals surface area (Å²) in [7, 11) is 0. The molecular formula is C14H7ClO3. The fourth-order valence-electron chi connectivity index (χ4n) is 2.07. The third-order valence-electron chi connectivity index (χ3n) is 2.83. The molecule has 0 radical (unpaired) electrons. The van der Waals surface area contributed by atoms with Gasteiger partial charge >= 0.3 is 0 Å². The number of benzene rings is 2. The third kappa shape index (κ3) is 1.52. The van der Waals surface area contributed by atoms with E-state index in [9.17, 15) is 9.59 Å². The molecule has 1 heterocycles. The van der Waals surface area contributed by atoms with Crippen molar-refractivity contribution in [2.24, 2.45) is 0 Å². The van der Waals surface area contributed by atoms with Gasteiger partial charge in [0.25, 0.3) is 5.24 Å². The Morgan fingerprint density at radius 3 is 2.44 bits per heavy atom. The Hall–Kier alpha value is -2.13. The fraction of sp³-hybridized carbons (Fsp3) is 0. The molecule has 3 rings (SSSR count). The Bertz CT molecular complexity index is 786. The summed E-state index contributed by atoms with van der Waals surface area (Å²) in [5.74, 6) is -0.714. The van der Waals surface area contributed by atoms with Crippen LogP contribution in [0.15, 0.2) is 46.9 Å². The van der Waals surface area contributed by atoms with Gasteiger partial charge in [0.2, 0.25) is 5.78 Å². The van der Waals surface area contributed by atoms with Gasteiger partial charge in [0.05, 0.1) is 0 Å². The summed E-state index contributed by atoms with van der Waals surface area (Å²) in [4.78, 5) is 22.8. The standard InChI is InChI=1S/C14H7ClO3/c15-14(17)13(16)9-5-3-7-11-12(9)8-4-1-2-6-10(8)18-11/h1-7H. The van der Waals surface area contributed by atoms with E-state index in [1.54, 1.807) is 18.2 Å². The van der Waals surface area contributed by atoms with E-state index in [4.69, 9.17) is 16.0 Å². The number of ketones is 1. The summed E-state index contributed by atoms with van der Waals surface area (Å²) in [5, 5.41) is 0.439. The summed E-state index contributed by atoms with van der Waals surface area (Å²) in [6.07, 6.45) is 0. The lowest BCUT2D eigenvalue weighted by atomic mass is 10.0. The van der Waals surface area contributed by atoms with Crippen LogP contribution in [0.25, 0.3) is 21.9 Å². The highest BCUT2D eigenvalue weighted by Crippen LogP contribution is 2.31. The van der Waals surface area contributed by atoms with Crippen LogP contribution >= 0.6 is 11.6 Å². The van der Waals surface area contributed by atoms with E-state index in [0.29, 0.717) is 16.6 Å². The molecular weight excluding hydrogens is 252 g/mol. The van der Waals surface area contributed by atoms with Crippen LogP contribution in [0.5, 0.6) is 0 Å². The van der Waals surface area contributed by atoms with Crippen LogP contribution in [0.4, 0.5) is 0 Å². The van der Waals surface area contributed by atoms with Crippen molar-refractivity contribution in [2.75, 3.05) is 0 Å². The second-order valence-corrected chi connectivity index (χ2v) is 4.22. The topological polar surface area (TPSA) is 47.3 Å². The van der Waals surface area contributed by atoms with E-state index < -0.39 is 11.0 Å². The molecule has 0 saturated heterocycles. The third-order valence-corrected chi connectivity index (χ3v) is 3.00. The molecule has 0 atom stereocenters. The van der Waals surface area contributed by atoms with Crippen LogP contribution in [0.3, 0.4) is 0 Å². The summed E-state index contributed by atoms with van der Waals surface area (Å²) in [6.45, 7) is 0. The van der Waals surface area contributed by atoms with Crippen LogP contribution in [0.1, 0.15) is 10.4 Å². The molecule has 0 aliphatic heterocycles. The maximum atomic E-state index is 11.8. The van der Waals surface area contributed by atoms with Gasteiger partial charge in [-0.15, -0.1) is 0 Å². The molecule has 2 aromatic carbocycles. The van der Waals surface area contributed by atoms with Crippen molar-refractivity contribution in [3.8, 4) is 0 Å². The predicted molar refractivity (Wildman–Crippen MR) is 68.9 cm³/mol. The van der Waals surface area contributed by atoms with Crippen LogP contribution in [0.2, 0.25) is 0 Å². The van der Waals surface area contributed by atoms with Crippen LogP contribution in [0, 0.1) is 0 Å². The monoisotopic (exact) mass is 258 g/mol. The Morgan fingerprint density at radius 1 is 0.944 bits per heavy atom. The molecule has 0 unspecified atom stereocenters. The average Bonchev–Trinajstić information content (AvgIpc) is 2.76. The number of rotatable bonds is 2. The zero-order chi connectivity index (χ0) is 12.7. The van der Waals surface area contributed by atoms with Gasteiger partial charge in [-0.05, 0) is 29.8 Å². The molecule has 0 aliphatic carbocycles. The van der Waals surface area contributed by atoms with Gasteiger partial charge in [-0.2, -0.15) is 0 Å². The van der Waals surface area contributed by atoms with Gasteiger partial charge < -0.3 is 4.42 Å². The van der Waals surface area contributed by atoms with E-state index in [1.165, 1.54) is 0 Å². The minimum absolute atomic E-state index is 0.275.